The van der Waals surface area contributed by atoms with Crippen molar-refractivity contribution in [2.45, 2.75) is 12.8 Å². The number of hydrogen-bond acceptors (Lipinski definition) is 6. The van der Waals surface area contributed by atoms with Crippen molar-refractivity contribution in [1.82, 2.24) is 4.90 Å². The van der Waals surface area contributed by atoms with E-state index in [1.54, 1.807) is 31.4 Å². The first-order valence-corrected chi connectivity index (χ1v) is 9.41. The van der Waals surface area contributed by atoms with E-state index in [4.69, 9.17) is 4.74 Å². The van der Waals surface area contributed by atoms with E-state index >= 15 is 0 Å². The third-order valence-corrected chi connectivity index (χ3v) is 5.06. The number of hydrogen-bond donors (Lipinski definition) is 1. The maximum Gasteiger partial charge on any atom is 0.269 e. The van der Waals surface area contributed by atoms with Crippen LogP contribution in [0.5, 0.6) is 5.75 Å². The molecule has 1 fully saturated rings. The van der Waals surface area contributed by atoms with Gasteiger partial charge >= 0.3 is 0 Å². The number of ether oxygens (including phenoxy) is 1. The van der Waals surface area contributed by atoms with E-state index in [1.807, 2.05) is 4.90 Å². The average Bonchev–Trinajstić information content (AvgIpc) is 2.74. The Hall–Kier alpha value is -3.26. The lowest BCUT2D eigenvalue weighted by atomic mass is 9.89. The lowest BCUT2D eigenvalue weighted by Crippen LogP contribution is -2.40. The van der Waals surface area contributed by atoms with Gasteiger partial charge in [0.05, 0.1) is 18.6 Å². The van der Waals surface area contributed by atoms with Crippen molar-refractivity contribution < 1.29 is 19.2 Å². The van der Waals surface area contributed by atoms with Crippen LogP contribution in [-0.2, 0) is 4.79 Å². The summed E-state index contributed by atoms with van der Waals surface area (Å²) in [6, 6.07) is 12.9. The molecule has 2 aromatic rings. The summed E-state index contributed by atoms with van der Waals surface area (Å²) in [6.07, 6.45) is 1.41. The number of amides is 1. The first-order valence-electron chi connectivity index (χ1n) is 9.41. The molecule has 8 nitrogen and oxygen atoms in total. The molecule has 0 atom stereocenters. The highest BCUT2D eigenvalue weighted by Gasteiger charge is 2.26. The van der Waals surface area contributed by atoms with Gasteiger partial charge in [-0.1, -0.05) is 0 Å². The van der Waals surface area contributed by atoms with Crippen LogP contribution in [-0.4, -0.2) is 48.3 Å². The summed E-state index contributed by atoms with van der Waals surface area (Å²) in [5.74, 6) is 0.620. The standard InChI is InChI=1S/C21H23N3O5/c1-29-19-8-2-15(3-9-19)21(26)16-10-12-23(13-11-16)14-20(25)22-17-4-6-18(7-5-17)24(27)28/h2-9,16H,10-14H2,1H3,(H,22,25). The van der Waals surface area contributed by atoms with Crippen LogP contribution in [0.3, 0.4) is 0 Å². The molecule has 29 heavy (non-hydrogen) atoms. The molecule has 1 saturated heterocycles. The van der Waals surface area contributed by atoms with Gasteiger partial charge in [-0.25, -0.2) is 0 Å². The maximum atomic E-state index is 12.7. The molecule has 0 unspecified atom stereocenters. The van der Waals surface area contributed by atoms with E-state index in [-0.39, 0.29) is 29.8 Å². The van der Waals surface area contributed by atoms with Crippen LogP contribution in [0.4, 0.5) is 11.4 Å². The van der Waals surface area contributed by atoms with Gasteiger partial charge in [0, 0.05) is 29.3 Å². The van der Waals surface area contributed by atoms with Crippen molar-refractivity contribution in [2.75, 3.05) is 32.1 Å². The summed E-state index contributed by atoms with van der Waals surface area (Å²) in [6.45, 7) is 1.56. The Balaban J connectivity index is 1.46. The van der Waals surface area contributed by atoms with E-state index in [9.17, 15) is 19.7 Å². The Morgan fingerprint density at radius 3 is 2.28 bits per heavy atom. The zero-order valence-electron chi connectivity index (χ0n) is 16.2. The normalized spacial score (nSPS) is 14.9. The SMILES string of the molecule is COc1ccc(C(=O)C2CCN(CC(=O)Nc3ccc([N+](=O)[O-])cc3)CC2)cc1. The van der Waals surface area contributed by atoms with Crippen LogP contribution >= 0.6 is 0 Å². The molecule has 0 bridgehead atoms. The summed E-state index contributed by atoms with van der Waals surface area (Å²) in [7, 11) is 1.59. The number of methoxy groups -OCH3 is 1. The fourth-order valence-electron chi connectivity index (χ4n) is 3.41. The highest BCUT2D eigenvalue weighted by Crippen LogP contribution is 2.23. The maximum absolute atomic E-state index is 12.7. The Bertz CT molecular complexity index is 872. The van der Waals surface area contributed by atoms with Gasteiger partial charge < -0.3 is 10.1 Å². The smallest absolute Gasteiger partial charge is 0.269 e. The van der Waals surface area contributed by atoms with Gasteiger partial charge in [-0.05, 0) is 62.3 Å². The monoisotopic (exact) mass is 397 g/mol. The van der Waals surface area contributed by atoms with Gasteiger partial charge in [-0.2, -0.15) is 0 Å². The molecule has 0 aromatic heterocycles. The number of Topliss-reactive ketones (excluding diaryl/α,β-unsaturated/α-hetero) is 1. The third-order valence-electron chi connectivity index (χ3n) is 5.06. The molecule has 8 heteroatoms. The number of anilines is 1. The second-order valence-corrected chi connectivity index (χ2v) is 7.00. The number of non-ortho nitro benzene ring substituents is 1. The van der Waals surface area contributed by atoms with Crippen LogP contribution in [0.15, 0.2) is 48.5 Å². The number of ketones is 1. The van der Waals surface area contributed by atoms with Gasteiger partial charge in [0.15, 0.2) is 5.78 Å². The molecule has 0 saturated carbocycles. The largest absolute Gasteiger partial charge is 0.497 e. The number of benzene rings is 2. The van der Waals surface area contributed by atoms with E-state index in [2.05, 4.69) is 5.32 Å². The Morgan fingerprint density at radius 1 is 1.10 bits per heavy atom. The first-order chi connectivity index (χ1) is 14.0. The minimum absolute atomic E-state index is 0.0217. The number of rotatable bonds is 7. The molecule has 0 radical (unpaired) electrons. The predicted molar refractivity (Wildman–Crippen MR) is 108 cm³/mol. The fourth-order valence-corrected chi connectivity index (χ4v) is 3.41. The zero-order valence-corrected chi connectivity index (χ0v) is 16.2. The highest BCUT2D eigenvalue weighted by atomic mass is 16.6. The summed E-state index contributed by atoms with van der Waals surface area (Å²) in [4.78, 5) is 37.1. The molecule has 1 amide bonds. The molecule has 0 aliphatic carbocycles. The first kappa shape index (κ1) is 20.5. The molecule has 1 heterocycles. The van der Waals surface area contributed by atoms with E-state index in [1.165, 1.54) is 24.3 Å². The summed E-state index contributed by atoms with van der Waals surface area (Å²) in [5.41, 5.74) is 1.18. The number of nitrogens with one attached hydrogen (secondary N) is 1. The third kappa shape index (κ3) is 5.39. The molecular weight excluding hydrogens is 374 g/mol. The molecule has 1 aliphatic heterocycles. The zero-order chi connectivity index (χ0) is 20.8. The highest BCUT2D eigenvalue weighted by molar-refractivity contribution is 5.98. The number of likely N-dealkylation sites (tertiary alicyclic amines) is 1. The van der Waals surface area contributed by atoms with Crippen molar-refractivity contribution >= 4 is 23.1 Å². The van der Waals surface area contributed by atoms with Crippen molar-refractivity contribution in [2.24, 2.45) is 5.92 Å². The van der Waals surface area contributed by atoms with Crippen LogP contribution in [0, 0.1) is 16.0 Å². The summed E-state index contributed by atoms with van der Waals surface area (Å²) < 4.78 is 5.12. The minimum Gasteiger partial charge on any atom is -0.497 e. The number of piperidine rings is 1. The van der Waals surface area contributed by atoms with Crippen LogP contribution in [0.1, 0.15) is 23.2 Å². The van der Waals surface area contributed by atoms with Crippen molar-refractivity contribution in [3.63, 3.8) is 0 Å². The van der Waals surface area contributed by atoms with Gasteiger partial charge in [-0.3, -0.25) is 24.6 Å². The Morgan fingerprint density at radius 2 is 1.72 bits per heavy atom. The van der Waals surface area contributed by atoms with E-state index in [0.29, 0.717) is 37.2 Å². The number of nitro groups is 1. The van der Waals surface area contributed by atoms with Crippen LogP contribution in [0.25, 0.3) is 0 Å². The Labute approximate surface area is 168 Å². The van der Waals surface area contributed by atoms with Crippen molar-refractivity contribution in [3.8, 4) is 5.75 Å². The molecule has 3 rings (SSSR count). The predicted octanol–water partition coefficient (Wildman–Crippen LogP) is 3.14. The molecule has 2 aromatic carbocycles. The number of carbonyl (C=O) groups excluding carboxylic acids is 2. The quantitative estimate of drug-likeness (QED) is 0.437. The van der Waals surface area contributed by atoms with Crippen LogP contribution in [0.2, 0.25) is 0 Å². The molecule has 152 valence electrons. The van der Waals surface area contributed by atoms with Gasteiger partial charge in [0.2, 0.25) is 5.91 Å². The molecule has 1 N–H and O–H groups in total. The minimum atomic E-state index is -0.483. The van der Waals surface area contributed by atoms with Crippen LogP contribution < -0.4 is 10.1 Å². The van der Waals surface area contributed by atoms with Gasteiger partial charge in [0.1, 0.15) is 5.75 Å². The number of nitrogens with zero attached hydrogens (tertiary/aromatic N) is 2. The van der Waals surface area contributed by atoms with E-state index in [0.717, 1.165) is 5.75 Å². The number of nitro benzene ring substituents is 1. The summed E-state index contributed by atoms with van der Waals surface area (Å²) in [5, 5.41) is 13.4. The van der Waals surface area contributed by atoms with Crippen molar-refractivity contribution in [1.29, 1.82) is 0 Å². The van der Waals surface area contributed by atoms with Gasteiger partial charge in [-0.15, -0.1) is 0 Å². The van der Waals surface area contributed by atoms with E-state index < -0.39 is 4.92 Å². The number of carbonyl (C=O) groups is 2. The molecular formula is C21H23N3O5. The Kier molecular flexibility index (Phi) is 6.56. The second-order valence-electron chi connectivity index (χ2n) is 7.00. The second kappa shape index (κ2) is 9.29. The molecule has 0 spiro atoms. The topological polar surface area (TPSA) is 102 Å². The summed E-state index contributed by atoms with van der Waals surface area (Å²) >= 11 is 0. The van der Waals surface area contributed by atoms with Crippen molar-refractivity contribution in [3.05, 3.63) is 64.2 Å². The van der Waals surface area contributed by atoms with Gasteiger partial charge in [0.25, 0.3) is 5.69 Å². The average molecular weight is 397 g/mol. The fraction of sp³-hybridized carbons (Fsp3) is 0.333. The lowest BCUT2D eigenvalue weighted by Gasteiger charge is -2.30. The molecule has 1 aliphatic rings. The lowest BCUT2D eigenvalue weighted by molar-refractivity contribution is -0.384.